The van der Waals surface area contributed by atoms with Crippen LogP contribution in [0.3, 0.4) is 0 Å². The van der Waals surface area contributed by atoms with Crippen LogP contribution in [-0.4, -0.2) is 18.5 Å². The summed E-state index contributed by atoms with van der Waals surface area (Å²) in [5.41, 5.74) is 8.68. The van der Waals surface area contributed by atoms with Gasteiger partial charge in [-0.1, -0.05) is 24.3 Å². The van der Waals surface area contributed by atoms with Gasteiger partial charge in [0.15, 0.2) is 0 Å². The summed E-state index contributed by atoms with van der Waals surface area (Å²) in [6.07, 6.45) is 0. The Hall–Kier alpha value is -0.860. The molecule has 0 fully saturated rings. The smallest absolute Gasteiger partial charge is 0.0427 e. The first-order chi connectivity index (χ1) is 5.77. The summed E-state index contributed by atoms with van der Waals surface area (Å²) in [5, 5.41) is 0. The van der Waals surface area contributed by atoms with Crippen LogP contribution in [0.5, 0.6) is 0 Å². The molecule has 1 aromatic carbocycles. The highest BCUT2D eigenvalue weighted by molar-refractivity contribution is 5.31. The van der Waals surface area contributed by atoms with E-state index in [9.17, 15) is 0 Å². The lowest BCUT2D eigenvalue weighted by Gasteiger charge is -2.29. The topological polar surface area (TPSA) is 29.3 Å². The maximum atomic E-state index is 6.00. The van der Waals surface area contributed by atoms with Gasteiger partial charge in [0.05, 0.1) is 0 Å². The predicted octanol–water partition coefficient (Wildman–Crippen LogP) is 1.13. The molecule has 1 aliphatic heterocycles. The van der Waals surface area contributed by atoms with Crippen molar-refractivity contribution < 1.29 is 0 Å². The molecule has 2 rings (SSSR count). The van der Waals surface area contributed by atoms with E-state index >= 15 is 0 Å². The molecule has 1 aliphatic rings. The Bertz CT molecular complexity index is 283. The van der Waals surface area contributed by atoms with Crippen LogP contribution in [0.2, 0.25) is 0 Å². The summed E-state index contributed by atoms with van der Waals surface area (Å²) in [6, 6.07) is 8.62. The molecule has 0 amide bonds. The highest BCUT2D eigenvalue weighted by Gasteiger charge is 2.18. The second kappa shape index (κ2) is 2.88. The first-order valence-corrected chi connectivity index (χ1v) is 4.29. The number of hydrogen-bond acceptors (Lipinski definition) is 2. The Kier molecular flexibility index (Phi) is 1.87. The van der Waals surface area contributed by atoms with Crippen molar-refractivity contribution in [3.63, 3.8) is 0 Å². The quantitative estimate of drug-likeness (QED) is 0.619. The molecule has 0 aliphatic carbocycles. The molecule has 2 nitrogen and oxygen atoms in total. The summed E-state index contributed by atoms with van der Waals surface area (Å²) < 4.78 is 0. The number of nitrogens with two attached hydrogens (primary N) is 1. The van der Waals surface area contributed by atoms with E-state index in [1.54, 1.807) is 0 Å². The van der Waals surface area contributed by atoms with Gasteiger partial charge in [-0.2, -0.15) is 0 Å². The van der Waals surface area contributed by atoms with Crippen molar-refractivity contribution in [1.29, 1.82) is 0 Å². The molecule has 0 saturated heterocycles. The van der Waals surface area contributed by atoms with Crippen molar-refractivity contribution in [2.45, 2.75) is 12.6 Å². The molecular weight excluding hydrogens is 148 g/mol. The van der Waals surface area contributed by atoms with E-state index in [2.05, 4.69) is 36.2 Å². The van der Waals surface area contributed by atoms with Gasteiger partial charge >= 0.3 is 0 Å². The van der Waals surface area contributed by atoms with E-state index < -0.39 is 0 Å². The highest BCUT2D eigenvalue weighted by Crippen LogP contribution is 2.22. The normalized spacial score (nSPS) is 23.7. The summed E-state index contributed by atoms with van der Waals surface area (Å²) in [7, 11) is 2.11. The minimum atomic E-state index is 0.194. The molecule has 0 saturated carbocycles. The first-order valence-electron chi connectivity index (χ1n) is 4.29. The lowest BCUT2D eigenvalue weighted by molar-refractivity contribution is 0.283. The summed E-state index contributed by atoms with van der Waals surface area (Å²) in [4.78, 5) is 2.26. The fraction of sp³-hybridized carbons (Fsp3) is 0.400. The minimum Gasteiger partial charge on any atom is -0.323 e. The summed E-state index contributed by atoms with van der Waals surface area (Å²) >= 11 is 0. The van der Waals surface area contributed by atoms with Crippen molar-refractivity contribution in [2.24, 2.45) is 5.73 Å². The van der Waals surface area contributed by atoms with Gasteiger partial charge in [-0.05, 0) is 18.2 Å². The Morgan fingerprint density at radius 3 is 3.00 bits per heavy atom. The van der Waals surface area contributed by atoms with Crippen LogP contribution in [-0.2, 0) is 6.54 Å². The number of fused-ring (bicyclic) bond motifs is 1. The zero-order valence-electron chi connectivity index (χ0n) is 7.33. The second-order valence-corrected chi connectivity index (χ2v) is 3.50. The average Bonchev–Trinajstić information content (AvgIpc) is 2.04. The fourth-order valence-corrected chi connectivity index (χ4v) is 1.83. The lowest BCUT2D eigenvalue weighted by atomic mass is 9.97. The molecule has 1 unspecified atom stereocenters. The number of rotatable bonds is 0. The maximum absolute atomic E-state index is 6.00. The van der Waals surface area contributed by atoms with Crippen LogP contribution in [0.25, 0.3) is 0 Å². The standard InChI is InChI=1S/C10H14N2/c1-12-6-8-4-2-3-5-9(8)10(11)7-12/h2-5,10H,6-7,11H2,1H3. The Morgan fingerprint density at radius 2 is 2.17 bits per heavy atom. The van der Waals surface area contributed by atoms with E-state index in [-0.39, 0.29) is 6.04 Å². The van der Waals surface area contributed by atoms with Crippen molar-refractivity contribution in [2.75, 3.05) is 13.6 Å². The van der Waals surface area contributed by atoms with E-state index in [0.29, 0.717) is 0 Å². The molecule has 12 heavy (non-hydrogen) atoms. The first kappa shape index (κ1) is 7.77. The number of likely N-dealkylation sites (N-methyl/N-ethyl adjacent to an activating group) is 1. The third kappa shape index (κ3) is 1.24. The molecular formula is C10H14N2. The maximum Gasteiger partial charge on any atom is 0.0427 e. The molecule has 2 heteroatoms. The van der Waals surface area contributed by atoms with Crippen LogP contribution in [0.1, 0.15) is 17.2 Å². The van der Waals surface area contributed by atoms with Gasteiger partial charge < -0.3 is 10.6 Å². The van der Waals surface area contributed by atoms with Gasteiger partial charge in [-0.15, -0.1) is 0 Å². The number of hydrogen-bond donors (Lipinski definition) is 1. The van der Waals surface area contributed by atoms with Gasteiger partial charge in [-0.3, -0.25) is 0 Å². The minimum absolute atomic E-state index is 0.194. The van der Waals surface area contributed by atoms with Crippen molar-refractivity contribution in [3.05, 3.63) is 35.4 Å². The van der Waals surface area contributed by atoms with Crippen molar-refractivity contribution in [3.8, 4) is 0 Å². The monoisotopic (exact) mass is 162 g/mol. The van der Waals surface area contributed by atoms with Crippen LogP contribution < -0.4 is 5.73 Å². The van der Waals surface area contributed by atoms with Crippen LogP contribution in [0, 0.1) is 0 Å². The molecule has 1 heterocycles. The Morgan fingerprint density at radius 1 is 1.42 bits per heavy atom. The highest BCUT2D eigenvalue weighted by atomic mass is 15.1. The molecule has 0 bridgehead atoms. The summed E-state index contributed by atoms with van der Waals surface area (Å²) in [6.45, 7) is 2.00. The third-order valence-corrected chi connectivity index (χ3v) is 2.40. The zero-order valence-corrected chi connectivity index (χ0v) is 7.33. The van der Waals surface area contributed by atoms with Crippen LogP contribution in [0.4, 0.5) is 0 Å². The zero-order chi connectivity index (χ0) is 8.55. The molecule has 0 radical (unpaired) electrons. The van der Waals surface area contributed by atoms with E-state index in [0.717, 1.165) is 13.1 Å². The van der Waals surface area contributed by atoms with E-state index in [1.165, 1.54) is 11.1 Å². The van der Waals surface area contributed by atoms with Gasteiger partial charge in [0.1, 0.15) is 0 Å². The van der Waals surface area contributed by atoms with Gasteiger partial charge in [0, 0.05) is 19.1 Å². The molecule has 1 atom stereocenters. The summed E-state index contributed by atoms with van der Waals surface area (Å²) in [5.74, 6) is 0. The van der Waals surface area contributed by atoms with Crippen molar-refractivity contribution in [1.82, 2.24) is 4.90 Å². The SMILES string of the molecule is CN1Cc2ccccc2C(N)C1. The lowest BCUT2D eigenvalue weighted by Crippen LogP contribution is -2.34. The molecule has 0 spiro atoms. The van der Waals surface area contributed by atoms with Crippen LogP contribution >= 0.6 is 0 Å². The average molecular weight is 162 g/mol. The second-order valence-electron chi connectivity index (χ2n) is 3.50. The van der Waals surface area contributed by atoms with Gasteiger partial charge in [-0.25, -0.2) is 0 Å². The van der Waals surface area contributed by atoms with E-state index in [1.807, 2.05) is 0 Å². The molecule has 64 valence electrons. The van der Waals surface area contributed by atoms with Crippen LogP contribution in [0.15, 0.2) is 24.3 Å². The predicted molar refractivity (Wildman–Crippen MR) is 49.7 cm³/mol. The third-order valence-electron chi connectivity index (χ3n) is 2.40. The largest absolute Gasteiger partial charge is 0.323 e. The molecule has 2 N–H and O–H groups in total. The Balaban J connectivity index is 2.40. The van der Waals surface area contributed by atoms with E-state index in [4.69, 9.17) is 5.73 Å². The van der Waals surface area contributed by atoms with Crippen molar-refractivity contribution >= 4 is 0 Å². The number of nitrogens with zero attached hydrogens (tertiary/aromatic N) is 1. The number of benzene rings is 1. The molecule has 1 aromatic rings. The van der Waals surface area contributed by atoms with Gasteiger partial charge in [0.2, 0.25) is 0 Å². The fourth-order valence-electron chi connectivity index (χ4n) is 1.83. The Labute approximate surface area is 73.0 Å². The van der Waals surface area contributed by atoms with Gasteiger partial charge in [0.25, 0.3) is 0 Å². The molecule has 0 aromatic heterocycles.